The van der Waals surface area contributed by atoms with Crippen molar-refractivity contribution in [2.24, 2.45) is 5.92 Å². The summed E-state index contributed by atoms with van der Waals surface area (Å²) in [6.07, 6.45) is 2.13. The van der Waals surface area contributed by atoms with Gasteiger partial charge in [-0.3, -0.25) is 24.1 Å². The molecule has 0 N–H and O–H groups in total. The van der Waals surface area contributed by atoms with Gasteiger partial charge in [-0.1, -0.05) is 48.9 Å². The third-order valence-electron chi connectivity index (χ3n) is 7.75. The number of fused-ring (bicyclic) bond motifs is 3. The minimum Gasteiger partial charge on any atom is -0.497 e. The van der Waals surface area contributed by atoms with E-state index in [0.29, 0.717) is 47.6 Å². The van der Waals surface area contributed by atoms with Crippen molar-refractivity contribution in [1.82, 2.24) is 4.90 Å². The van der Waals surface area contributed by atoms with Crippen LogP contribution in [0.1, 0.15) is 45.5 Å². The van der Waals surface area contributed by atoms with Crippen LogP contribution in [-0.4, -0.2) is 48.2 Å². The maximum Gasteiger partial charge on any atom is 0.262 e. The Morgan fingerprint density at radius 1 is 0.842 bits per heavy atom. The quantitative estimate of drug-likeness (QED) is 0.485. The number of amides is 4. The van der Waals surface area contributed by atoms with Gasteiger partial charge < -0.3 is 14.5 Å². The molecule has 38 heavy (non-hydrogen) atoms. The molecule has 3 aliphatic rings. The molecule has 0 saturated heterocycles. The van der Waals surface area contributed by atoms with Crippen molar-refractivity contribution in [3.8, 4) is 5.75 Å². The number of carbonyl (C=O) groups is 4. The summed E-state index contributed by atoms with van der Waals surface area (Å²) in [5.41, 5.74) is 2.72. The molecule has 8 heteroatoms. The second-order valence-electron chi connectivity index (χ2n) is 9.88. The van der Waals surface area contributed by atoms with Crippen LogP contribution in [-0.2, 0) is 16.1 Å². The van der Waals surface area contributed by atoms with Gasteiger partial charge in [0, 0.05) is 12.1 Å². The highest BCUT2D eigenvalue weighted by molar-refractivity contribution is 6.23. The summed E-state index contributed by atoms with van der Waals surface area (Å²) in [5.74, 6) is -1.21. The molecule has 0 spiro atoms. The molecule has 0 bridgehead atoms. The first kappa shape index (κ1) is 23.9. The van der Waals surface area contributed by atoms with Crippen LogP contribution in [0.3, 0.4) is 0 Å². The molecule has 1 unspecified atom stereocenters. The van der Waals surface area contributed by atoms with Crippen LogP contribution in [0.25, 0.3) is 0 Å². The van der Waals surface area contributed by atoms with E-state index in [1.807, 2.05) is 30.3 Å². The zero-order chi connectivity index (χ0) is 26.4. The summed E-state index contributed by atoms with van der Waals surface area (Å²) < 4.78 is 5.48. The van der Waals surface area contributed by atoms with Gasteiger partial charge in [-0.05, 0) is 42.7 Å². The highest BCUT2D eigenvalue weighted by atomic mass is 16.5. The molecule has 3 aromatic carbocycles. The van der Waals surface area contributed by atoms with Crippen molar-refractivity contribution in [1.29, 1.82) is 0 Å². The fraction of sp³-hybridized carbons (Fsp3) is 0.267. The first-order chi connectivity index (χ1) is 18.5. The molecule has 2 atom stereocenters. The Bertz CT molecular complexity index is 1420. The summed E-state index contributed by atoms with van der Waals surface area (Å²) in [4.78, 5) is 58.4. The Labute approximate surface area is 220 Å². The predicted octanol–water partition coefficient (Wildman–Crippen LogP) is 4.04. The van der Waals surface area contributed by atoms with Gasteiger partial charge in [0.15, 0.2) is 0 Å². The van der Waals surface area contributed by atoms with E-state index in [2.05, 4.69) is 0 Å². The topological polar surface area (TPSA) is 87.2 Å². The first-order valence-corrected chi connectivity index (χ1v) is 12.8. The molecule has 0 aromatic heterocycles. The highest BCUT2D eigenvalue weighted by Gasteiger charge is 2.47. The van der Waals surface area contributed by atoms with E-state index in [0.717, 1.165) is 16.9 Å². The van der Waals surface area contributed by atoms with Gasteiger partial charge in [-0.2, -0.15) is 0 Å². The summed E-state index contributed by atoms with van der Waals surface area (Å²) in [7, 11) is 1.56. The molecule has 4 amide bonds. The van der Waals surface area contributed by atoms with E-state index in [1.165, 1.54) is 0 Å². The third kappa shape index (κ3) is 3.84. The molecular formula is C30H27N3O5. The second kappa shape index (κ2) is 9.45. The summed E-state index contributed by atoms with van der Waals surface area (Å²) in [5, 5.41) is 0. The Balaban J connectivity index is 1.41. The van der Waals surface area contributed by atoms with Gasteiger partial charge >= 0.3 is 0 Å². The average Bonchev–Trinajstić information content (AvgIpc) is 3.49. The van der Waals surface area contributed by atoms with Crippen molar-refractivity contribution in [2.75, 3.05) is 23.5 Å². The van der Waals surface area contributed by atoms with Crippen molar-refractivity contribution in [2.45, 2.75) is 31.8 Å². The van der Waals surface area contributed by atoms with E-state index >= 15 is 0 Å². The highest BCUT2D eigenvalue weighted by Crippen LogP contribution is 2.45. The van der Waals surface area contributed by atoms with Crippen LogP contribution in [0, 0.1) is 5.92 Å². The minimum absolute atomic E-state index is 0.0399. The fourth-order valence-electron chi connectivity index (χ4n) is 5.93. The zero-order valence-electron chi connectivity index (χ0n) is 21.0. The molecule has 1 fully saturated rings. The summed E-state index contributed by atoms with van der Waals surface area (Å²) in [6.45, 7) is -0.0442. The van der Waals surface area contributed by atoms with Crippen LogP contribution >= 0.6 is 0 Å². The smallest absolute Gasteiger partial charge is 0.262 e. The number of imide groups is 1. The maximum absolute atomic E-state index is 14.0. The lowest BCUT2D eigenvalue weighted by Gasteiger charge is -2.32. The molecule has 2 aliphatic heterocycles. The normalized spacial score (nSPS) is 20.2. The first-order valence-electron chi connectivity index (χ1n) is 12.8. The monoisotopic (exact) mass is 509 g/mol. The SMILES string of the molecule is COc1ccc2c(c1)N(Cc1ccccc1)C(=O)[C@H]1CCCC1N2C(=O)CN1C(=O)c2ccccc2C1=O. The molecule has 8 nitrogen and oxygen atoms in total. The molecular weight excluding hydrogens is 482 g/mol. The molecule has 6 rings (SSSR count). The number of hydrogen-bond donors (Lipinski definition) is 0. The lowest BCUT2D eigenvalue weighted by atomic mass is 10.0. The lowest BCUT2D eigenvalue weighted by molar-refractivity contribution is -0.123. The molecule has 1 aliphatic carbocycles. The van der Waals surface area contributed by atoms with Crippen LogP contribution < -0.4 is 14.5 Å². The van der Waals surface area contributed by atoms with Gasteiger partial charge in [0.25, 0.3) is 11.8 Å². The molecule has 2 heterocycles. The predicted molar refractivity (Wildman–Crippen MR) is 141 cm³/mol. The molecule has 0 radical (unpaired) electrons. The van der Waals surface area contributed by atoms with Crippen molar-refractivity contribution in [3.05, 3.63) is 89.5 Å². The standard InChI is InChI=1S/C30H27N3O5/c1-38-20-14-15-25-26(16-20)31(17-19-8-3-2-4-9-19)30(37)23-12-7-13-24(23)33(25)27(34)18-32-28(35)21-10-5-6-11-22(21)29(32)36/h2-6,8-11,14-16,23-24H,7,12-13,17-18H2,1H3/t23-,24?/m0/s1. The van der Waals surface area contributed by atoms with E-state index < -0.39 is 24.3 Å². The van der Waals surface area contributed by atoms with Gasteiger partial charge in [0.05, 0.1) is 42.1 Å². The van der Waals surface area contributed by atoms with Crippen molar-refractivity contribution in [3.63, 3.8) is 0 Å². The van der Waals surface area contributed by atoms with E-state index in [1.54, 1.807) is 59.4 Å². The van der Waals surface area contributed by atoms with Crippen LogP contribution in [0.4, 0.5) is 11.4 Å². The third-order valence-corrected chi connectivity index (χ3v) is 7.75. The summed E-state index contributed by atoms with van der Waals surface area (Å²) >= 11 is 0. The van der Waals surface area contributed by atoms with Gasteiger partial charge in [0.2, 0.25) is 11.8 Å². The second-order valence-corrected chi connectivity index (χ2v) is 9.88. The number of rotatable bonds is 5. The lowest BCUT2D eigenvalue weighted by Crippen LogP contribution is -2.49. The Morgan fingerprint density at radius 2 is 1.53 bits per heavy atom. The fourth-order valence-corrected chi connectivity index (χ4v) is 5.93. The number of methoxy groups -OCH3 is 1. The zero-order valence-corrected chi connectivity index (χ0v) is 21.0. The van der Waals surface area contributed by atoms with Gasteiger partial charge in [-0.15, -0.1) is 0 Å². The van der Waals surface area contributed by atoms with Crippen LogP contribution in [0.2, 0.25) is 0 Å². The number of benzene rings is 3. The van der Waals surface area contributed by atoms with Gasteiger partial charge in [-0.25, -0.2) is 0 Å². The van der Waals surface area contributed by atoms with Crippen molar-refractivity contribution < 1.29 is 23.9 Å². The molecule has 192 valence electrons. The molecule has 1 saturated carbocycles. The Hall–Kier alpha value is -4.46. The van der Waals surface area contributed by atoms with Gasteiger partial charge in [0.1, 0.15) is 12.3 Å². The van der Waals surface area contributed by atoms with Crippen molar-refractivity contribution >= 4 is 35.0 Å². The van der Waals surface area contributed by atoms with E-state index in [4.69, 9.17) is 4.74 Å². The van der Waals surface area contributed by atoms with Crippen LogP contribution in [0.15, 0.2) is 72.8 Å². The average molecular weight is 510 g/mol. The van der Waals surface area contributed by atoms with E-state index in [-0.39, 0.29) is 17.9 Å². The largest absolute Gasteiger partial charge is 0.497 e. The molecule has 3 aromatic rings. The number of carbonyl (C=O) groups excluding carboxylic acids is 4. The number of hydrogen-bond acceptors (Lipinski definition) is 5. The minimum atomic E-state index is -0.478. The maximum atomic E-state index is 14.0. The van der Waals surface area contributed by atoms with Crippen LogP contribution in [0.5, 0.6) is 5.75 Å². The summed E-state index contributed by atoms with van der Waals surface area (Å²) in [6, 6.07) is 21.3. The van der Waals surface area contributed by atoms with E-state index in [9.17, 15) is 19.2 Å². The number of ether oxygens (including phenoxy) is 1. The number of anilines is 2. The Morgan fingerprint density at radius 3 is 2.21 bits per heavy atom. The Kier molecular flexibility index (Phi) is 5.94. The number of nitrogens with zero attached hydrogens (tertiary/aromatic N) is 3.